The van der Waals surface area contributed by atoms with Crippen molar-refractivity contribution in [3.8, 4) is 11.5 Å². The van der Waals surface area contributed by atoms with Gasteiger partial charge in [0, 0.05) is 17.3 Å². The minimum absolute atomic E-state index is 0.112. The van der Waals surface area contributed by atoms with Crippen LogP contribution in [0, 0.1) is 5.92 Å². The van der Waals surface area contributed by atoms with E-state index < -0.39 is 6.04 Å². The number of aromatic nitrogens is 3. The average molecular weight is 452 g/mol. The Morgan fingerprint density at radius 3 is 2.52 bits per heavy atom. The summed E-state index contributed by atoms with van der Waals surface area (Å²) in [4.78, 5) is 29.5. The zero-order valence-electron chi connectivity index (χ0n) is 19.0. The largest absolute Gasteiger partial charge is 0.494 e. The predicted octanol–water partition coefficient (Wildman–Crippen LogP) is 3.15. The fourth-order valence-electron chi connectivity index (χ4n) is 3.12. The van der Waals surface area contributed by atoms with Crippen LogP contribution in [0.3, 0.4) is 0 Å². The van der Waals surface area contributed by atoms with Gasteiger partial charge in [-0.25, -0.2) is 9.67 Å². The molecule has 0 radical (unpaired) electrons. The Morgan fingerprint density at radius 1 is 1.06 bits per heavy atom. The molecule has 2 amide bonds. The summed E-state index contributed by atoms with van der Waals surface area (Å²) in [6, 6.07) is 13.2. The Bertz CT molecular complexity index is 1040. The maximum Gasteiger partial charge on any atom is 0.251 e. The third-order valence-electron chi connectivity index (χ3n) is 4.82. The van der Waals surface area contributed by atoms with E-state index in [9.17, 15) is 9.59 Å². The number of nitrogens with zero attached hydrogens (tertiary/aromatic N) is 3. The maximum atomic E-state index is 12.9. The van der Waals surface area contributed by atoms with Crippen LogP contribution in [0.2, 0.25) is 0 Å². The Balaban J connectivity index is 1.58. The van der Waals surface area contributed by atoms with E-state index in [0.717, 1.165) is 0 Å². The molecule has 0 aliphatic heterocycles. The third kappa shape index (κ3) is 7.06. The summed E-state index contributed by atoms with van der Waals surface area (Å²) < 4.78 is 12.8. The van der Waals surface area contributed by atoms with Crippen LogP contribution in [-0.2, 0) is 11.3 Å². The average Bonchev–Trinajstić information content (AvgIpc) is 3.31. The molecular weight excluding hydrogens is 422 g/mol. The van der Waals surface area contributed by atoms with Crippen molar-refractivity contribution in [1.29, 1.82) is 0 Å². The number of hydrogen-bond acceptors (Lipinski definition) is 6. The molecule has 0 aliphatic rings. The number of carbonyl (C=O) groups is 2. The van der Waals surface area contributed by atoms with E-state index in [1.54, 1.807) is 53.5 Å². The molecule has 0 aliphatic carbocycles. The van der Waals surface area contributed by atoms with Crippen molar-refractivity contribution in [1.82, 2.24) is 20.1 Å². The van der Waals surface area contributed by atoms with Gasteiger partial charge in [-0.2, -0.15) is 5.10 Å². The Labute approximate surface area is 193 Å². The van der Waals surface area contributed by atoms with Gasteiger partial charge in [0.25, 0.3) is 5.91 Å². The number of benzene rings is 2. The van der Waals surface area contributed by atoms with E-state index in [4.69, 9.17) is 9.47 Å². The number of rotatable bonds is 11. The summed E-state index contributed by atoms with van der Waals surface area (Å²) in [7, 11) is 0. The standard InChI is InChI=1S/C24H29N5O4/c1-4-32-20-10-8-18(9-11-20)23(30)28-22(17(2)3)24(31)27-19-6-5-7-21(14-19)33-13-12-29-16-25-15-26-29/h5-11,14-17,22H,4,12-13H2,1-3H3,(H,27,31)(H,28,30). The molecule has 33 heavy (non-hydrogen) atoms. The number of nitrogens with one attached hydrogen (secondary N) is 2. The first-order chi connectivity index (χ1) is 16.0. The molecule has 0 fully saturated rings. The molecule has 0 saturated carbocycles. The minimum Gasteiger partial charge on any atom is -0.494 e. The van der Waals surface area contributed by atoms with Gasteiger partial charge >= 0.3 is 0 Å². The lowest BCUT2D eigenvalue weighted by Crippen LogP contribution is -2.47. The zero-order chi connectivity index (χ0) is 23.6. The summed E-state index contributed by atoms with van der Waals surface area (Å²) in [5.74, 6) is 0.572. The number of anilines is 1. The van der Waals surface area contributed by atoms with Crippen LogP contribution in [0.25, 0.3) is 0 Å². The van der Waals surface area contributed by atoms with Gasteiger partial charge in [0.05, 0.1) is 13.2 Å². The molecule has 0 spiro atoms. The highest BCUT2D eigenvalue weighted by Gasteiger charge is 2.25. The Morgan fingerprint density at radius 2 is 1.85 bits per heavy atom. The van der Waals surface area contributed by atoms with Gasteiger partial charge in [0.2, 0.25) is 5.91 Å². The summed E-state index contributed by atoms with van der Waals surface area (Å²) in [6.07, 6.45) is 3.09. The highest BCUT2D eigenvalue weighted by molar-refractivity contribution is 6.01. The second kappa shape index (κ2) is 11.7. The fourth-order valence-corrected chi connectivity index (χ4v) is 3.12. The molecule has 9 heteroatoms. The van der Waals surface area contributed by atoms with Crippen molar-refractivity contribution in [3.63, 3.8) is 0 Å². The Kier molecular flexibility index (Phi) is 8.40. The molecule has 174 valence electrons. The highest BCUT2D eigenvalue weighted by atomic mass is 16.5. The molecule has 1 aromatic heterocycles. The lowest BCUT2D eigenvalue weighted by atomic mass is 10.0. The summed E-state index contributed by atoms with van der Waals surface area (Å²) in [5.41, 5.74) is 1.04. The van der Waals surface area contributed by atoms with Gasteiger partial charge in [-0.3, -0.25) is 9.59 Å². The number of amides is 2. The minimum atomic E-state index is -0.707. The molecule has 1 atom stereocenters. The van der Waals surface area contributed by atoms with Gasteiger partial charge in [-0.1, -0.05) is 19.9 Å². The third-order valence-corrected chi connectivity index (χ3v) is 4.82. The quantitative estimate of drug-likeness (QED) is 0.464. The first kappa shape index (κ1) is 23.8. The van der Waals surface area contributed by atoms with Gasteiger partial charge in [-0.15, -0.1) is 0 Å². The van der Waals surface area contributed by atoms with Crippen LogP contribution in [0.15, 0.2) is 61.2 Å². The van der Waals surface area contributed by atoms with E-state index >= 15 is 0 Å². The molecule has 0 saturated heterocycles. The molecule has 2 aromatic carbocycles. The van der Waals surface area contributed by atoms with E-state index in [2.05, 4.69) is 20.7 Å². The first-order valence-corrected chi connectivity index (χ1v) is 10.9. The maximum absolute atomic E-state index is 12.9. The second-order valence-corrected chi connectivity index (χ2v) is 7.68. The Hall–Kier alpha value is -3.88. The highest BCUT2D eigenvalue weighted by Crippen LogP contribution is 2.19. The molecule has 2 N–H and O–H groups in total. The van der Waals surface area contributed by atoms with E-state index in [1.165, 1.54) is 6.33 Å². The van der Waals surface area contributed by atoms with Crippen LogP contribution < -0.4 is 20.1 Å². The first-order valence-electron chi connectivity index (χ1n) is 10.9. The molecule has 1 heterocycles. The van der Waals surface area contributed by atoms with Crippen molar-refractivity contribution < 1.29 is 19.1 Å². The zero-order valence-corrected chi connectivity index (χ0v) is 19.0. The van der Waals surface area contributed by atoms with Gasteiger partial charge in [-0.05, 0) is 49.2 Å². The number of hydrogen-bond donors (Lipinski definition) is 2. The number of ether oxygens (including phenoxy) is 2. The van der Waals surface area contributed by atoms with E-state index in [0.29, 0.717) is 42.5 Å². The molecular formula is C24H29N5O4. The topological polar surface area (TPSA) is 107 Å². The van der Waals surface area contributed by atoms with Crippen molar-refractivity contribution in [2.45, 2.75) is 33.4 Å². The van der Waals surface area contributed by atoms with Crippen molar-refractivity contribution in [2.75, 3.05) is 18.5 Å². The van der Waals surface area contributed by atoms with E-state index in [-0.39, 0.29) is 17.7 Å². The van der Waals surface area contributed by atoms with Gasteiger partial charge in [0.1, 0.15) is 36.8 Å². The van der Waals surface area contributed by atoms with Crippen LogP contribution in [0.1, 0.15) is 31.1 Å². The fraction of sp³-hybridized carbons (Fsp3) is 0.333. The van der Waals surface area contributed by atoms with Crippen LogP contribution in [0.5, 0.6) is 11.5 Å². The molecule has 1 unspecified atom stereocenters. The predicted molar refractivity (Wildman–Crippen MR) is 124 cm³/mol. The van der Waals surface area contributed by atoms with Gasteiger partial charge in [0.15, 0.2) is 0 Å². The smallest absolute Gasteiger partial charge is 0.251 e. The lowest BCUT2D eigenvalue weighted by Gasteiger charge is -2.22. The summed E-state index contributed by atoms with van der Waals surface area (Å²) in [5, 5.41) is 9.73. The van der Waals surface area contributed by atoms with Crippen molar-refractivity contribution in [3.05, 3.63) is 66.7 Å². The van der Waals surface area contributed by atoms with Gasteiger partial charge < -0.3 is 20.1 Å². The second-order valence-electron chi connectivity index (χ2n) is 7.68. The van der Waals surface area contributed by atoms with Crippen LogP contribution in [0.4, 0.5) is 5.69 Å². The summed E-state index contributed by atoms with van der Waals surface area (Å²) >= 11 is 0. The van der Waals surface area contributed by atoms with Crippen LogP contribution in [-0.4, -0.2) is 45.8 Å². The monoisotopic (exact) mass is 451 g/mol. The van der Waals surface area contributed by atoms with E-state index in [1.807, 2.05) is 26.8 Å². The SMILES string of the molecule is CCOc1ccc(C(=O)NC(C(=O)Nc2cccc(OCCn3cncn3)c2)C(C)C)cc1. The lowest BCUT2D eigenvalue weighted by molar-refractivity contribution is -0.118. The summed E-state index contributed by atoms with van der Waals surface area (Å²) in [6.45, 7) is 7.18. The molecule has 0 bridgehead atoms. The number of carbonyl (C=O) groups excluding carboxylic acids is 2. The van der Waals surface area contributed by atoms with Crippen molar-refractivity contribution in [2.24, 2.45) is 5.92 Å². The molecule has 3 rings (SSSR count). The van der Waals surface area contributed by atoms with Crippen LogP contribution >= 0.6 is 0 Å². The molecule has 3 aromatic rings. The normalized spacial score (nSPS) is 11.6. The van der Waals surface area contributed by atoms with Crippen molar-refractivity contribution >= 4 is 17.5 Å². The molecule has 9 nitrogen and oxygen atoms in total.